The third-order valence-corrected chi connectivity index (χ3v) is 6.88. The van der Waals surface area contributed by atoms with Crippen molar-refractivity contribution in [1.82, 2.24) is 20.9 Å². The summed E-state index contributed by atoms with van der Waals surface area (Å²) in [5.41, 5.74) is 11.4. The lowest BCUT2D eigenvalue weighted by Crippen LogP contribution is -2.57. The standard InChI is InChI=1S/C25H38N6O6S/c26-9-2-1-5-17(22(32)28-11-4-10-27)29-23(33)18(14-38)30-24(34)19-6-3-12-31(19)25(35)16-7-8-20-21(13-16)37-15-36-20/h7-8,13,17-19,38H,1-6,9-12,14-15,26-27H2,(H,28,32)(H,29,33)(H,30,34)/t17-,18?,19-/m0/s1. The summed E-state index contributed by atoms with van der Waals surface area (Å²) < 4.78 is 10.7. The van der Waals surface area contributed by atoms with Gasteiger partial charge in [-0.2, -0.15) is 12.6 Å². The molecule has 1 fully saturated rings. The molecule has 1 aromatic rings. The summed E-state index contributed by atoms with van der Waals surface area (Å²) in [6, 6.07) is 2.41. The van der Waals surface area contributed by atoms with Crippen molar-refractivity contribution in [1.29, 1.82) is 0 Å². The second-order valence-corrected chi connectivity index (χ2v) is 9.61. The molecule has 2 aliphatic heterocycles. The van der Waals surface area contributed by atoms with Gasteiger partial charge in [-0.25, -0.2) is 0 Å². The number of benzene rings is 1. The van der Waals surface area contributed by atoms with E-state index in [1.807, 2.05) is 0 Å². The summed E-state index contributed by atoms with van der Waals surface area (Å²) in [5, 5.41) is 8.23. The topological polar surface area (TPSA) is 178 Å². The van der Waals surface area contributed by atoms with Crippen LogP contribution in [0.2, 0.25) is 0 Å². The minimum absolute atomic E-state index is 0.0186. The second-order valence-electron chi connectivity index (χ2n) is 9.25. The number of amides is 4. The zero-order valence-corrected chi connectivity index (χ0v) is 22.3. The van der Waals surface area contributed by atoms with Gasteiger partial charge in [0.15, 0.2) is 11.5 Å². The van der Waals surface area contributed by atoms with E-state index < -0.39 is 29.9 Å². The predicted octanol–water partition coefficient (Wildman–Crippen LogP) is -0.487. The largest absolute Gasteiger partial charge is 0.454 e. The molecule has 38 heavy (non-hydrogen) atoms. The van der Waals surface area contributed by atoms with Crippen LogP contribution in [0.3, 0.4) is 0 Å². The molecule has 1 saturated heterocycles. The molecule has 210 valence electrons. The summed E-state index contributed by atoms with van der Waals surface area (Å²) in [5.74, 6) is -0.522. The third kappa shape index (κ3) is 7.74. The van der Waals surface area contributed by atoms with Gasteiger partial charge in [-0.3, -0.25) is 19.2 Å². The van der Waals surface area contributed by atoms with Crippen molar-refractivity contribution in [2.75, 3.05) is 38.7 Å². The molecule has 0 aliphatic carbocycles. The van der Waals surface area contributed by atoms with E-state index in [4.69, 9.17) is 20.9 Å². The second kappa shape index (κ2) is 14.8. The van der Waals surface area contributed by atoms with E-state index in [-0.39, 0.29) is 24.4 Å². The Morgan fingerprint density at radius 1 is 1.00 bits per heavy atom. The summed E-state index contributed by atoms with van der Waals surface area (Å²) in [7, 11) is 0. The molecular weight excluding hydrogens is 512 g/mol. The first-order chi connectivity index (χ1) is 18.4. The lowest BCUT2D eigenvalue weighted by atomic mass is 10.1. The molecule has 1 unspecified atom stereocenters. The number of thiol groups is 1. The van der Waals surface area contributed by atoms with E-state index >= 15 is 0 Å². The van der Waals surface area contributed by atoms with Crippen LogP contribution >= 0.6 is 12.6 Å². The van der Waals surface area contributed by atoms with Gasteiger partial charge in [0.25, 0.3) is 5.91 Å². The normalized spacial score (nSPS) is 17.6. The van der Waals surface area contributed by atoms with E-state index in [1.165, 1.54) is 4.90 Å². The predicted molar refractivity (Wildman–Crippen MR) is 144 cm³/mol. The van der Waals surface area contributed by atoms with Gasteiger partial charge in [-0.05, 0) is 69.8 Å². The average molecular weight is 551 g/mol. The Labute approximate surface area is 227 Å². The average Bonchev–Trinajstić information content (AvgIpc) is 3.60. The number of carbonyl (C=O) groups is 4. The van der Waals surface area contributed by atoms with Crippen molar-refractivity contribution >= 4 is 36.3 Å². The number of nitrogens with zero attached hydrogens (tertiary/aromatic N) is 1. The maximum Gasteiger partial charge on any atom is 0.254 e. The summed E-state index contributed by atoms with van der Waals surface area (Å²) >= 11 is 4.25. The van der Waals surface area contributed by atoms with Crippen LogP contribution in [-0.2, 0) is 14.4 Å². The number of hydrogen-bond acceptors (Lipinski definition) is 9. The smallest absolute Gasteiger partial charge is 0.254 e. The Hall–Kier alpha value is -3.03. The maximum absolute atomic E-state index is 13.2. The van der Waals surface area contributed by atoms with Crippen LogP contribution in [-0.4, -0.2) is 85.4 Å². The Morgan fingerprint density at radius 3 is 2.50 bits per heavy atom. The summed E-state index contributed by atoms with van der Waals surface area (Å²) in [6.07, 6.45) is 3.51. The molecule has 3 atom stereocenters. The Balaban J connectivity index is 1.61. The van der Waals surface area contributed by atoms with Crippen molar-refractivity contribution in [3.05, 3.63) is 23.8 Å². The molecule has 0 spiro atoms. The molecule has 12 nitrogen and oxygen atoms in total. The van der Waals surface area contributed by atoms with Gasteiger partial charge in [0.05, 0.1) is 0 Å². The van der Waals surface area contributed by atoms with Gasteiger partial charge in [-0.1, -0.05) is 0 Å². The van der Waals surface area contributed by atoms with Gasteiger partial charge >= 0.3 is 0 Å². The fourth-order valence-corrected chi connectivity index (χ4v) is 4.67. The SMILES string of the molecule is NCCCC[C@H](NC(=O)C(CS)NC(=O)[C@@H]1CCCN1C(=O)c1ccc2c(c1)OCO2)C(=O)NCCCN. The fourth-order valence-electron chi connectivity index (χ4n) is 4.41. The van der Waals surface area contributed by atoms with E-state index in [0.29, 0.717) is 81.8 Å². The highest BCUT2D eigenvalue weighted by Gasteiger charge is 2.37. The first-order valence-electron chi connectivity index (χ1n) is 13.0. The number of nitrogens with one attached hydrogen (secondary N) is 3. The molecule has 0 radical (unpaired) electrons. The van der Waals surface area contributed by atoms with Crippen LogP contribution in [0.4, 0.5) is 0 Å². The molecule has 2 heterocycles. The number of likely N-dealkylation sites (tertiary alicyclic amines) is 1. The van der Waals surface area contributed by atoms with E-state index in [9.17, 15) is 19.2 Å². The van der Waals surface area contributed by atoms with E-state index in [0.717, 1.165) is 0 Å². The molecule has 2 aliphatic rings. The van der Waals surface area contributed by atoms with Crippen LogP contribution in [0.5, 0.6) is 11.5 Å². The third-order valence-electron chi connectivity index (χ3n) is 6.51. The Morgan fingerprint density at radius 2 is 1.76 bits per heavy atom. The number of fused-ring (bicyclic) bond motifs is 1. The lowest BCUT2D eigenvalue weighted by molar-refractivity contribution is -0.132. The van der Waals surface area contributed by atoms with Crippen molar-refractivity contribution in [3.8, 4) is 11.5 Å². The van der Waals surface area contributed by atoms with Crippen molar-refractivity contribution in [3.63, 3.8) is 0 Å². The van der Waals surface area contributed by atoms with Crippen molar-refractivity contribution in [2.45, 2.75) is 56.7 Å². The number of ether oxygens (including phenoxy) is 2. The van der Waals surface area contributed by atoms with E-state index in [2.05, 4.69) is 28.6 Å². The highest BCUT2D eigenvalue weighted by Crippen LogP contribution is 2.33. The molecule has 4 amide bonds. The zero-order chi connectivity index (χ0) is 27.5. The summed E-state index contributed by atoms with van der Waals surface area (Å²) in [4.78, 5) is 53.6. The molecule has 3 rings (SSSR count). The van der Waals surface area contributed by atoms with Gasteiger partial charge in [0.1, 0.15) is 18.1 Å². The minimum atomic E-state index is -0.984. The number of hydrogen-bond donors (Lipinski definition) is 6. The molecule has 1 aromatic carbocycles. The first kappa shape index (κ1) is 29.5. The highest BCUT2D eigenvalue weighted by molar-refractivity contribution is 7.80. The van der Waals surface area contributed by atoms with Crippen LogP contribution in [0, 0.1) is 0 Å². The first-order valence-corrected chi connectivity index (χ1v) is 13.6. The van der Waals surface area contributed by atoms with Crippen LogP contribution < -0.4 is 36.9 Å². The quantitative estimate of drug-likeness (QED) is 0.133. The highest BCUT2D eigenvalue weighted by atomic mass is 32.1. The molecule has 0 saturated carbocycles. The number of unbranched alkanes of at least 4 members (excludes halogenated alkanes) is 1. The number of carbonyl (C=O) groups excluding carboxylic acids is 4. The van der Waals surface area contributed by atoms with Crippen LogP contribution in [0.25, 0.3) is 0 Å². The van der Waals surface area contributed by atoms with Gasteiger partial charge < -0.3 is 41.8 Å². The lowest BCUT2D eigenvalue weighted by Gasteiger charge is -2.27. The molecule has 13 heteroatoms. The Kier molecular flexibility index (Phi) is 11.5. The number of nitrogens with two attached hydrogens (primary N) is 2. The summed E-state index contributed by atoms with van der Waals surface area (Å²) in [6.45, 7) is 1.83. The molecule has 7 N–H and O–H groups in total. The minimum Gasteiger partial charge on any atom is -0.454 e. The molecule has 0 aromatic heterocycles. The van der Waals surface area contributed by atoms with Gasteiger partial charge in [-0.15, -0.1) is 0 Å². The molecule has 0 bridgehead atoms. The molecular formula is C25H38N6O6S. The van der Waals surface area contributed by atoms with E-state index in [1.54, 1.807) is 18.2 Å². The monoisotopic (exact) mass is 550 g/mol. The van der Waals surface area contributed by atoms with Crippen molar-refractivity contribution < 1.29 is 28.7 Å². The number of rotatable bonds is 14. The van der Waals surface area contributed by atoms with Crippen LogP contribution in [0.1, 0.15) is 48.9 Å². The van der Waals surface area contributed by atoms with Gasteiger partial charge in [0.2, 0.25) is 24.5 Å². The maximum atomic E-state index is 13.2. The van der Waals surface area contributed by atoms with Crippen LogP contribution in [0.15, 0.2) is 18.2 Å². The van der Waals surface area contributed by atoms with Gasteiger partial charge in [0, 0.05) is 24.4 Å². The fraction of sp³-hybridized carbons (Fsp3) is 0.600. The zero-order valence-electron chi connectivity index (χ0n) is 21.4. The Bertz CT molecular complexity index is 995. The van der Waals surface area contributed by atoms with Crippen molar-refractivity contribution in [2.24, 2.45) is 11.5 Å².